The minimum absolute atomic E-state index is 0.0149. The number of rotatable bonds is 6. The summed E-state index contributed by atoms with van der Waals surface area (Å²) in [5.74, 6) is -1.05. The van der Waals surface area contributed by atoms with Crippen LogP contribution in [0.15, 0.2) is 30.4 Å². The molecule has 1 aromatic rings. The normalized spacial score (nSPS) is 23.3. The maximum atomic E-state index is 13.9. The zero-order valence-corrected chi connectivity index (χ0v) is 19.0. The zero-order valence-electron chi connectivity index (χ0n) is 19.0. The number of anilines is 1. The number of hydrogen-bond donors (Lipinski definition) is 2. The maximum absolute atomic E-state index is 13.9. The van der Waals surface area contributed by atoms with Gasteiger partial charge < -0.3 is 30.0 Å². The molecule has 2 saturated heterocycles. The van der Waals surface area contributed by atoms with Gasteiger partial charge in [0, 0.05) is 31.8 Å². The summed E-state index contributed by atoms with van der Waals surface area (Å²) in [6.45, 7) is 5.39. The summed E-state index contributed by atoms with van der Waals surface area (Å²) in [4.78, 5) is 34.6. The third kappa shape index (κ3) is 4.24. The Labute approximate surface area is 192 Å². The van der Waals surface area contributed by atoms with E-state index in [2.05, 4.69) is 10.3 Å². The van der Waals surface area contributed by atoms with Crippen LogP contribution in [0.2, 0.25) is 0 Å². The molecule has 3 aliphatic rings. The number of carbonyl (C=O) groups is 2. The van der Waals surface area contributed by atoms with Gasteiger partial charge in [-0.05, 0) is 38.3 Å². The van der Waals surface area contributed by atoms with Crippen molar-refractivity contribution >= 4 is 23.8 Å². The summed E-state index contributed by atoms with van der Waals surface area (Å²) in [6.07, 6.45) is 5.40. The molecule has 1 aliphatic carbocycles. The summed E-state index contributed by atoms with van der Waals surface area (Å²) in [5.41, 5.74) is -0.115. The van der Waals surface area contributed by atoms with Crippen LogP contribution in [0.25, 0.3) is 0 Å². The number of ether oxygens (including phenoxy) is 2. The highest BCUT2D eigenvalue weighted by Crippen LogP contribution is 2.46. The number of nitrogens with one attached hydrogen (secondary N) is 2. The number of hydrogen-bond acceptors (Lipinski definition) is 7. The van der Waals surface area contributed by atoms with E-state index >= 15 is 0 Å². The van der Waals surface area contributed by atoms with Crippen molar-refractivity contribution in [2.75, 3.05) is 31.6 Å². The third-order valence-corrected chi connectivity index (χ3v) is 6.98. The molecule has 2 spiro atoms. The largest absolute Gasteiger partial charge is 0.348 e. The number of carbonyl (C=O) groups excluding carboxylic acids is 2. The molecule has 3 fully saturated rings. The Balaban J connectivity index is 1.53. The molecule has 1 aromatic heterocycles. The highest BCUT2D eigenvalue weighted by atomic mass is 19.1. The molecule has 1 saturated carbocycles. The summed E-state index contributed by atoms with van der Waals surface area (Å²) in [6, 6.07) is 3.11. The molecule has 0 radical (unpaired) electrons. The van der Waals surface area contributed by atoms with E-state index in [1.807, 2.05) is 13.8 Å². The topological polar surface area (TPSA) is 108 Å². The van der Waals surface area contributed by atoms with Crippen molar-refractivity contribution in [1.29, 1.82) is 5.41 Å². The molecule has 4 rings (SSSR count). The molecule has 2 aliphatic heterocycles. The standard InChI is InChI=1S/C23H30FN5O4/c1-3-29-20(30)15-28(16(2)17-4-5-19(26-13-17)27-14-18(24)12-25)21(31)22(29)6-8-23(9-7-22)32-10-11-33-23/h4-5,12-14,16,25H,3,6-11,15H2,1-2H3,(H,26,27)/b18-14+,25-12?/t16-/m0/s1. The van der Waals surface area contributed by atoms with Crippen LogP contribution in [0.5, 0.6) is 0 Å². The molecule has 0 unspecified atom stereocenters. The molecule has 1 atom stereocenters. The highest BCUT2D eigenvalue weighted by Gasteiger charge is 2.57. The lowest BCUT2D eigenvalue weighted by molar-refractivity contribution is -0.204. The SMILES string of the molecule is CCN1C(=O)CN([C@@H](C)c2ccc(N/C=C(/F)C=N)nc2)C(=O)C12CCC1(CC2)OCCO1. The van der Waals surface area contributed by atoms with Gasteiger partial charge in [0.15, 0.2) is 11.6 Å². The monoisotopic (exact) mass is 459 g/mol. The van der Waals surface area contributed by atoms with E-state index in [-0.39, 0.29) is 24.4 Å². The number of nitrogens with zero attached hydrogens (tertiary/aromatic N) is 3. The fraction of sp³-hybridized carbons (Fsp3) is 0.565. The minimum Gasteiger partial charge on any atom is -0.348 e. The predicted molar refractivity (Wildman–Crippen MR) is 119 cm³/mol. The Morgan fingerprint density at radius 2 is 1.97 bits per heavy atom. The second-order valence-corrected chi connectivity index (χ2v) is 8.68. The number of allylic oxidation sites excluding steroid dienone is 1. The van der Waals surface area contributed by atoms with Gasteiger partial charge in [-0.2, -0.15) is 0 Å². The van der Waals surface area contributed by atoms with Crippen LogP contribution >= 0.6 is 0 Å². The first-order chi connectivity index (χ1) is 15.8. The second kappa shape index (κ2) is 9.18. The highest BCUT2D eigenvalue weighted by molar-refractivity contribution is 5.98. The molecule has 9 nitrogen and oxygen atoms in total. The van der Waals surface area contributed by atoms with E-state index in [1.165, 1.54) is 0 Å². The van der Waals surface area contributed by atoms with E-state index in [4.69, 9.17) is 14.9 Å². The average molecular weight is 460 g/mol. The molecule has 33 heavy (non-hydrogen) atoms. The molecule has 2 amide bonds. The Kier molecular flexibility index (Phi) is 6.49. The molecule has 2 N–H and O–H groups in total. The Bertz CT molecular complexity index is 935. The first-order valence-electron chi connectivity index (χ1n) is 11.3. The van der Waals surface area contributed by atoms with Gasteiger partial charge in [-0.15, -0.1) is 0 Å². The summed E-state index contributed by atoms with van der Waals surface area (Å²) < 4.78 is 24.8. The Morgan fingerprint density at radius 1 is 1.27 bits per heavy atom. The fourth-order valence-electron chi connectivity index (χ4n) is 5.13. The quantitative estimate of drug-likeness (QED) is 0.634. The van der Waals surface area contributed by atoms with E-state index < -0.39 is 17.2 Å². The van der Waals surface area contributed by atoms with E-state index in [9.17, 15) is 14.0 Å². The van der Waals surface area contributed by atoms with Gasteiger partial charge in [0.25, 0.3) is 0 Å². The summed E-state index contributed by atoms with van der Waals surface area (Å²) in [7, 11) is 0. The minimum atomic E-state index is -0.886. The number of aromatic nitrogens is 1. The van der Waals surface area contributed by atoms with Crippen LogP contribution in [0.4, 0.5) is 10.2 Å². The molecule has 0 bridgehead atoms. The second-order valence-electron chi connectivity index (χ2n) is 8.68. The van der Waals surface area contributed by atoms with Crippen molar-refractivity contribution < 1.29 is 23.5 Å². The Hall–Kier alpha value is -2.85. The Morgan fingerprint density at radius 3 is 2.55 bits per heavy atom. The van der Waals surface area contributed by atoms with E-state index in [0.29, 0.717) is 57.5 Å². The zero-order chi connectivity index (χ0) is 23.6. The first-order valence-corrected chi connectivity index (χ1v) is 11.3. The van der Waals surface area contributed by atoms with Gasteiger partial charge in [0.1, 0.15) is 17.9 Å². The number of likely N-dealkylation sites (N-methyl/N-ethyl adjacent to an activating group) is 1. The smallest absolute Gasteiger partial charge is 0.249 e. The van der Waals surface area contributed by atoms with Gasteiger partial charge in [-0.1, -0.05) is 6.07 Å². The molecule has 0 aromatic carbocycles. The van der Waals surface area contributed by atoms with Gasteiger partial charge in [-0.3, -0.25) is 9.59 Å². The van der Waals surface area contributed by atoms with Crippen LogP contribution in [0.3, 0.4) is 0 Å². The summed E-state index contributed by atoms with van der Waals surface area (Å²) >= 11 is 0. The van der Waals surface area contributed by atoms with Crippen LogP contribution < -0.4 is 5.32 Å². The number of amides is 2. The van der Waals surface area contributed by atoms with Crippen LogP contribution in [-0.2, 0) is 19.1 Å². The van der Waals surface area contributed by atoms with Gasteiger partial charge in [0.05, 0.1) is 25.5 Å². The van der Waals surface area contributed by atoms with Gasteiger partial charge >= 0.3 is 0 Å². The van der Waals surface area contributed by atoms with Crippen molar-refractivity contribution in [3.8, 4) is 0 Å². The maximum Gasteiger partial charge on any atom is 0.249 e. The van der Waals surface area contributed by atoms with Crippen molar-refractivity contribution in [3.63, 3.8) is 0 Å². The molecular formula is C23H30FN5O4. The predicted octanol–water partition coefficient (Wildman–Crippen LogP) is 2.76. The molecular weight excluding hydrogens is 429 g/mol. The van der Waals surface area contributed by atoms with Gasteiger partial charge in [0.2, 0.25) is 11.8 Å². The lowest BCUT2D eigenvalue weighted by Crippen LogP contribution is -2.70. The summed E-state index contributed by atoms with van der Waals surface area (Å²) in [5, 5.41) is 9.54. The number of pyridine rings is 1. The first kappa shape index (κ1) is 23.3. The third-order valence-electron chi connectivity index (χ3n) is 6.98. The fourth-order valence-corrected chi connectivity index (χ4v) is 5.13. The van der Waals surface area contributed by atoms with Crippen LogP contribution in [0.1, 0.15) is 51.1 Å². The van der Waals surface area contributed by atoms with E-state index in [0.717, 1.165) is 11.8 Å². The van der Waals surface area contributed by atoms with Gasteiger partial charge in [-0.25, -0.2) is 9.37 Å². The van der Waals surface area contributed by atoms with Crippen molar-refractivity contribution in [1.82, 2.24) is 14.8 Å². The number of halogens is 1. The van der Waals surface area contributed by atoms with Crippen molar-refractivity contribution in [2.24, 2.45) is 0 Å². The molecule has 3 heterocycles. The van der Waals surface area contributed by atoms with E-state index in [1.54, 1.807) is 28.1 Å². The van der Waals surface area contributed by atoms with Crippen LogP contribution in [-0.4, -0.2) is 70.4 Å². The molecule has 10 heteroatoms. The van der Waals surface area contributed by atoms with Crippen molar-refractivity contribution in [2.45, 2.75) is 56.9 Å². The average Bonchev–Trinajstić information content (AvgIpc) is 3.30. The molecule has 178 valence electrons. The lowest BCUT2D eigenvalue weighted by Gasteiger charge is -2.54. The number of piperazine rings is 1. The lowest BCUT2D eigenvalue weighted by atomic mass is 9.74. The van der Waals surface area contributed by atoms with Crippen LogP contribution in [0, 0.1) is 5.41 Å². The van der Waals surface area contributed by atoms with Crippen molar-refractivity contribution in [3.05, 3.63) is 35.9 Å².